The molecule has 0 spiro atoms. The zero-order valence-corrected chi connectivity index (χ0v) is 11.9. The highest BCUT2D eigenvalue weighted by atomic mass is 32.1. The van der Waals surface area contributed by atoms with E-state index in [1.165, 1.54) is 29.6 Å². The van der Waals surface area contributed by atoms with E-state index in [4.69, 9.17) is 0 Å². The van der Waals surface area contributed by atoms with E-state index < -0.39 is 11.6 Å². The van der Waals surface area contributed by atoms with E-state index in [2.05, 4.69) is 4.98 Å². The number of halogens is 2. The first-order valence-corrected chi connectivity index (χ1v) is 7.35. The topological polar surface area (TPSA) is 33.2 Å². The summed E-state index contributed by atoms with van der Waals surface area (Å²) in [5, 5.41) is 0. The molecule has 0 saturated heterocycles. The van der Waals surface area contributed by atoms with Crippen molar-refractivity contribution in [1.82, 2.24) is 9.88 Å². The summed E-state index contributed by atoms with van der Waals surface area (Å²) in [7, 11) is 0. The molecule has 2 heterocycles. The molecule has 1 aliphatic rings. The molecule has 6 heteroatoms. The average Bonchev–Trinajstić information content (AvgIpc) is 2.93. The Kier molecular flexibility index (Phi) is 3.79. The lowest BCUT2D eigenvalue weighted by molar-refractivity contribution is -0.126. The first-order valence-electron chi connectivity index (χ1n) is 6.47. The third kappa shape index (κ3) is 3.00. The third-order valence-corrected chi connectivity index (χ3v) is 4.22. The molecule has 1 aromatic carbocycles. The fraction of sp³-hybridized carbons (Fsp3) is 0.200. The summed E-state index contributed by atoms with van der Waals surface area (Å²) in [6.07, 6.45) is 3.44. The molecular weight excluding hydrogens is 294 g/mol. The monoisotopic (exact) mass is 306 g/mol. The second kappa shape index (κ2) is 5.73. The van der Waals surface area contributed by atoms with Crippen molar-refractivity contribution in [3.05, 3.63) is 57.6 Å². The van der Waals surface area contributed by atoms with E-state index in [1.54, 1.807) is 10.4 Å². The van der Waals surface area contributed by atoms with Crippen molar-refractivity contribution >= 4 is 23.3 Å². The molecule has 2 aromatic rings. The molecule has 0 radical (unpaired) electrons. The number of fused-ring (bicyclic) bond motifs is 1. The van der Waals surface area contributed by atoms with Crippen LogP contribution in [0.4, 0.5) is 8.78 Å². The highest BCUT2D eigenvalue weighted by Crippen LogP contribution is 2.22. The normalized spacial score (nSPS) is 14.5. The SMILES string of the molecule is O=C(/C=C/c1ccc(F)cc1F)N1CCc2ncsc2C1. The van der Waals surface area contributed by atoms with Gasteiger partial charge in [-0.25, -0.2) is 13.8 Å². The number of thiazole rings is 1. The van der Waals surface area contributed by atoms with Crippen LogP contribution in [0.25, 0.3) is 6.08 Å². The molecular formula is C15H12F2N2OS. The minimum absolute atomic E-state index is 0.183. The standard InChI is InChI=1S/C15H12F2N2OS/c16-11-3-1-10(12(17)7-11)2-4-15(20)19-6-5-13-14(8-19)21-9-18-13/h1-4,7,9H,5-6,8H2/b4-2+. The van der Waals surface area contributed by atoms with E-state index in [1.807, 2.05) is 0 Å². The smallest absolute Gasteiger partial charge is 0.246 e. The summed E-state index contributed by atoms with van der Waals surface area (Å²) in [5.41, 5.74) is 3.03. The van der Waals surface area contributed by atoms with Gasteiger partial charge in [-0.1, -0.05) is 0 Å². The van der Waals surface area contributed by atoms with Crippen LogP contribution in [0.2, 0.25) is 0 Å². The molecule has 1 aromatic heterocycles. The van der Waals surface area contributed by atoms with Crippen molar-refractivity contribution in [2.45, 2.75) is 13.0 Å². The largest absolute Gasteiger partial charge is 0.334 e. The number of hydrogen-bond acceptors (Lipinski definition) is 3. The molecule has 0 unspecified atom stereocenters. The Morgan fingerprint density at radius 3 is 3.05 bits per heavy atom. The molecule has 21 heavy (non-hydrogen) atoms. The van der Waals surface area contributed by atoms with Gasteiger partial charge in [-0.15, -0.1) is 11.3 Å². The lowest BCUT2D eigenvalue weighted by atomic mass is 10.1. The van der Waals surface area contributed by atoms with E-state index in [-0.39, 0.29) is 11.5 Å². The number of carbonyl (C=O) groups is 1. The highest BCUT2D eigenvalue weighted by Gasteiger charge is 2.20. The van der Waals surface area contributed by atoms with Gasteiger partial charge in [-0.05, 0) is 18.2 Å². The van der Waals surface area contributed by atoms with Gasteiger partial charge in [0.15, 0.2) is 0 Å². The zero-order valence-electron chi connectivity index (χ0n) is 11.1. The van der Waals surface area contributed by atoms with E-state index in [0.717, 1.165) is 29.1 Å². The Balaban J connectivity index is 1.70. The predicted molar refractivity (Wildman–Crippen MR) is 76.6 cm³/mol. The van der Waals surface area contributed by atoms with Crippen LogP contribution >= 0.6 is 11.3 Å². The summed E-state index contributed by atoms with van der Waals surface area (Å²) in [5.74, 6) is -1.50. The number of nitrogens with zero attached hydrogens (tertiary/aromatic N) is 2. The molecule has 0 N–H and O–H groups in total. The van der Waals surface area contributed by atoms with Gasteiger partial charge in [-0.3, -0.25) is 4.79 Å². The fourth-order valence-corrected chi connectivity index (χ4v) is 3.04. The van der Waals surface area contributed by atoms with Gasteiger partial charge >= 0.3 is 0 Å². The summed E-state index contributed by atoms with van der Waals surface area (Å²) in [4.78, 5) is 19.1. The van der Waals surface area contributed by atoms with Crippen LogP contribution in [0, 0.1) is 11.6 Å². The Hall–Kier alpha value is -2.08. The Morgan fingerprint density at radius 1 is 1.38 bits per heavy atom. The molecule has 0 saturated carbocycles. The lowest BCUT2D eigenvalue weighted by Gasteiger charge is -2.24. The molecule has 1 aliphatic heterocycles. The van der Waals surface area contributed by atoms with E-state index in [9.17, 15) is 13.6 Å². The van der Waals surface area contributed by atoms with Gasteiger partial charge in [0.05, 0.1) is 17.7 Å². The maximum absolute atomic E-state index is 13.5. The van der Waals surface area contributed by atoms with Crippen LogP contribution in [-0.2, 0) is 17.8 Å². The average molecular weight is 306 g/mol. The van der Waals surface area contributed by atoms with Crippen LogP contribution in [0.3, 0.4) is 0 Å². The molecule has 0 fully saturated rings. The molecule has 3 rings (SSSR count). The Bertz CT molecular complexity index is 711. The van der Waals surface area contributed by atoms with Gasteiger partial charge in [0.2, 0.25) is 5.91 Å². The molecule has 0 bridgehead atoms. The van der Waals surface area contributed by atoms with E-state index in [0.29, 0.717) is 13.1 Å². The molecule has 0 atom stereocenters. The summed E-state index contributed by atoms with van der Waals surface area (Å²) in [6.45, 7) is 1.14. The van der Waals surface area contributed by atoms with Crippen LogP contribution in [0.1, 0.15) is 16.1 Å². The van der Waals surface area contributed by atoms with E-state index >= 15 is 0 Å². The number of rotatable bonds is 2. The molecule has 0 aliphatic carbocycles. The highest BCUT2D eigenvalue weighted by molar-refractivity contribution is 7.09. The van der Waals surface area contributed by atoms with Crippen molar-refractivity contribution in [1.29, 1.82) is 0 Å². The third-order valence-electron chi connectivity index (χ3n) is 3.36. The summed E-state index contributed by atoms with van der Waals surface area (Å²) < 4.78 is 26.3. The van der Waals surface area contributed by atoms with Gasteiger partial charge < -0.3 is 4.90 Å². The first-order chi connectivity index (χ1) is 10.1. The lowest BCUT2D eigenvalue weighted by Crippen LogP contribution is -2.34. The van der Waals surface area contributed by atoms with Crippen molar-refractivity contribution in [3.63, 3.8) is 0 Å². The van der Waals surface area contributed by atoms with Crippen LogP contribution in [-0.4, -0.2) is 22.3 Å². The summed E-state index contributed by atoms with van der Waals surface area (Å²) in [6, 6.07) is 3.28. The minimum Gasteiger partial charge on any atom is -0.334 e. The number of benzene rings is 1. The Morgan fingerprint density at radius 2 is 2.24 bits per heavy atom. The maximum atomic E-state index is 13.5. The second-order valence-corrected chi connectivity index (χ2v) is 5.67. The van der Waals surface area contributed by atoms with Gasteiger partial charge in [0.1, 0.15) is 11.6 Å². The van der Waals surface area contributed by atoms with Crippen LogP contribution in [0.5, 0.6) is 0 Å². The number of amides is 1. The quantitative estimate of drug-likeness (QED) is 0.799. The van der Waals surface area contributed by atoms with Crippen molar-refractivity contribution in [2.24, 2.45) is 0 Å². The van der Waals surface area contributed by atoms with Crippen LogP contribution in [0.15, 0.2) is 29.8 Å². The Labute approximate surface area is 124 Å². The van der Waals surface area contributed by atoms with Gasteiger partial charge in [0.25, 0.3) is 0 Å². The number of aromatic nitrogens is 1. The van der Waals surface area contributed by atoms with Crippen molar-refractivity contribution < 1.29 is 13.6 Å². The molecule has 108 valence electrons. The van der Waals surface area contributed by atoms with Gasteiger partial charge in [-0.2, -0.15) is 0 Å². The maximum Gasteiger partial charge on any atom is 0.246 e. The van der Waals surface area contributed by atoms with Crippen LogP contribution < -0.4 is 0 Å². The molecule has 3 nitrogen and oxygen atoms in total. The fourth-order valence-electron chi connectivity index (χ4n) is 2.21. The van der Waals surface area contributed by atoms with Gasteiger partial charge in [0, 0.05) is 35.5 Å². The number of carbonyl (C=O) groups excluding carboxylic acids is 1. The predicted octanol–water partition coefficient (Wildman–Crippen LogP) is 3.02. The second-order valence-electron chi connectivity index (χ2n) is 4.73. The first kappa shape index (κ1) is 13.9. The zero-order chi connectivity index (χ0) is 14.8. The minimum atomic E-state index is -0.678. The molecule has 1 amide bonds. The van der Waals surface area contributed by atoms with Crippen molar-refractivity contribution in [3.8, 4) is 0 Å². The summed E-state index contributed by atoms with van der Waals surface area (Å²) >= 11 is 1.53. The van der Waals surface area contributed by atoms with Crippen molar-refractivity contribution in [2.75, 3.05) is 6.54 Å². The number of hydrogen-bond donors (Lipinski definition) is 0.